The number of hydrogen-bond donors (Lipinski definition) is 0. The van der Waals surface area contributed by atoms with E-state index in [1.165, 1.54) is 109 Å². The molecule has 8 nitrogen and oxygen atoms in total. The Labute approximate surface area is 340 Å². The number of allylic oxidation sites excluding steroid dienone is 4. The van der Waals surface area contributed by atoms with Gasteiger partial charge >= 0.3 is 19.5 Å². The van der Waals surface area contributed by atoms with Crippen molar-refractivity contribution in [3.8, 4) is 0 Å². The van der Waals surface area contributed by atoms with Crippen LogP contribution in [-0.2, 0) is 32.7 Å². The lowest BCUT2D eigenvalue weighted by molar-refractivity contribution is -0.151. The van der Waals surface area contributed by atoms with E-state index in [0.717, 1.165) is 77.3 Å². The zero-order chi connectivity index (χ0) is 40.5. The number of carbonyl (C=O) groups is 2. The highest BCUT2D eigenvalue weighted by Crippen LogP contribution is 2.45. The van der Waals surface area contributed by atoms with Crippen LogP contribution in [0.1, 0.15) is 207 Å². The van der Waals surface area contributed by atoms with Crippen molar-refractivity contribution < 1.29 is 32.7 Å². The predicted octanol–water partition coefficient (Wildman–Crippen LogP) is 13.7. The molecule has 9 heteroatoms. The summed E-state index contributed by atoms with van der Waals surface area (Å²) >= 11 is 0. The highest BCUT2D eigenvalue weighted by atomic mass is 31.2. The average Bonchev–Trinajstić information content (AvgIpc) is 3.17. The molecule has 0 spiro atoms. The largest absolute Gasteiger partial charge is 0.463 e. The maximum Gasteiger partial charge on any atom is 0.328 e. The summed E-state index contributed by atoms with van der Waals surface area (Å²) in [5.74, 6) is -0.640. The first-order valence-electron chi connectivity index (χ1n) is 23.0. The molecule has 0 bridgehead atoms. The normalized spacial score (nSPS) is 13.1. The number of unbranched alkanes of at least 4 members (excludes halogenated alkanes) is 22. The second-order valence-electron chi connectivity index (χ2n) is 15.4. The lowest BCUT2D eigenvalue weighted by Crippen LogP contribution is -2.29. The van der Waals surface area contributed by atoms with Crippen molar-refractivity contribution in [2.24, 2.45) is 0 Å². The third-order valence-corrected chi connectivity index (χ3v) is 11.4. The molecule has 1 unspecified atom stereocenters. The third kappa shape index (κ3) is 39.2. The van der Waals surface area contributed by atoms with E-state index in [-0.39, 0.29) is 31.8 Å². The first-order chi connectivity index (χ1) is 26.8. The van der Waals surface area contributed by atoms with Gasteiger partial charge < -0.3 is 18.9 Å². The molecule has 0 aliphatic heterocycles. The van der Waals surface area contributed by atoms with Gasteiger partial charge in [0, 0.05) is 26.1 Å². The van der Waals surface area contributed by atoms with Crippen LogP contribution in [0.5, 0.6) is 0 Å². The zero-order valence-electron chi connectivity index (χ0n) is 36.7. The molecule has 0 aliphatic rings. The third-order valence-electron chi connectivity index (χ3n) is 10.1. The number of ether oxygens (including phenoxy) is 2. The van der Waals surface area contributed by atoms with Gasteiger partial charge in [0.1, 0.15) is 19.3 Å². The van der Waals surface area contributed by atoms with Gasteiger partial charge in [0.05, 0.1) is 6.61 Å². The van der Waals surface area contributed by atoms with Gasteiger partial charge in [0.15, 0.2) is 0 Å². The summed E-state index contributed by atoms with van der Waals surface area (Å²) in [5, 5.41) is 0. The molecular formula is C46H88NO7P. The van der Waals surface area contributed by atoms with Crippen molar-refractivity contribution in [2.45, 2.75) is 214 Å². The summed E-state index contributed by atoms with van der Waals surface area (Å²) < 4.78 is 35.6. The molecule has 0 N–H and O–H groups in total. The van der Waals surface area contributed by atoms with Crippen molar-refractivity contribution in [2.75, 3.05) is 46.1 Å². The molecule has 0 aliphatic carbocycles. The van der Waals surface area contributed by atoms with Crippen LogP contribution < -0.4 is 0 Å². The maximum absolute atomic E-state index is 13.2. The second kappa shape index (κ2) is 40.7. The van der Waals surface area contributed by atoms with Gasteiger partial charge in [-0.3, -0.25) is 18.7 Å². The summed E-state index contributed by atoms with van der Waals surface area (Å²) in [6.45, 7) is 12.4. The van der Waals surface area contributed by atoms with Gasteiger partial charge in [-0.05, 0) is 77.3 Å². The molecule has 0 aromatic heterocycles. The van der Waals surface area contributed by atoms with Crippen molar-refractivity contribution in [1.82, 2.24) is 4.90 Å². The van der Waals surface area contributed by atoms with Gasteiger partial charge in [0.2, 0.25) is 0 Å². The SMILES string of the molecule is CCCCCCCC/C=C\CCCCCCCC(=O)OCC(COC(=O)CCCCCCC/C=C\CCCCCCCC)OP(C)(=O)OCCN(CC)CC. The molecule has 0 amide bonds. The van der Waals surface area contributed by atoms with Crippen LogP contribution in [-0.4, -0.2) is 69.1 Å². The minimum atomic E-state index is -3.47. The van der Waals surface area contributed by atoms with Crippen molar-refractivity contribution in [3.63, 3.8) is 0 Å². The van der Waals surface area contributed by atoms with E-state index in [0.29, 0.717) is 19.4 Å². The second-order valence-corrected chi connectivity index (χ2v) is 17.4. The number of carbonyl (C=O) groups excluding carboxylic acids is 2. The van der Waals surface area contributed by atoms with Crippen LogP contribution in [0.25, 0.3) is 0 Å². The zero-order valence-corrected chi connectivity index (χ0v) is 37.6. The van der Waals surface area contributed by atoms with Crippen LogP contribution in [0.2, 0.25) is 0 Å². The Hall–Kier alpha value is -1.47. The monoisotopic (exact) mass is 798 g/mol. The van der Waals surface area contributed by atoms with Crippen molar-refractivity contribution in [1.29, 1.82) is 0 Å². The number of nitrogens with zero attached hydrogens (tertiary/aromatic N) is 1. The Bertz CT molecular complexity index is 912. The quantitative estimate of drug-likeness (QED) is 0.0261. The Morgan fingerprint density at radius 1 is 0.527 bits per heavy atom. The number of hydrogen-bond acceptors (Lipinski definition) is 8. The van der Waals surface area contributed by atoms with Gasteiger partial charge in [-0.25, -0.2) is 0 Å². The fourth-order valence-corrected chi connectivity index (χ4v) is 7.62. The van der Waals surface area contributed by atoms with Crippen molar-refractivity contribution in [3.05, 3.63) is 24.3 Å². The molecule has 0 aromatic rings. The topological polar surface area (TPSA) is 91.4 Å². The molecule has 0 fully saturated rings. The van der Waals surface area contributed by atoms with E-state index >= 15 is 0 Å². The molecule has 0 saturated heterocycles. The highest BCUT2D eigenvalue weighted by molar-refractivity contribution is 7.53. The molecule has 1 atom stereocenters. The van der Waals surface area contributed by atoms with Gasteiger partial charge in [0.25, 0.3) is 0 Å². The van der Waals surface area contributed by atoms with E-state index in [9.17, 15) is 14.2 Å². The van der Waals surface area contributed by atoms with Crippen LogP contribution in [0.4, 0.5) is 0 Å². The molecule has 324 valence electrons. The first kappa shape index (κ1) is 53.5. The summed E-state index contributed by atoms with van der Waals surface area (Å²) in [6.07, 6.45) is 40.2. The lowest BCUT2D eigenvalue weighted by atomic mass is 10.1. The number of rotatable bonds is 42. The van der Waals surface area contributed by atoms with E-state index in [1.807, 2.05) is 0 Å². The van der Waals surface area contributed by atoms with E-state index in [1.54, 1.807) is 0 Å². The molecule has 0 heterocycles. The molecular weight excluding hydrogens is 709 g/mol. The smallest absolute Gasteiger partial charge is 0.328 e. The minimum absolute atomic E-state index is 0.137. The first-order valence-corrected chi connectivity index (χ1v) is 25.0. The Kier molecular flexibility index (Phi) is 39.6. The summed E-state index contributed by atoms with van der Waals surface area (Å²) in [6, 6.07) is 0. The standard InChI is InChI=1S/C46H88NO7P/c1-6-10-12-14-16-18-20-22-24-26-28-30-32-34-36-38-45(48)51-42-44(54-55(5,50)53-41-40-47(8-3)9-4)43-52-46(49)39-37-35-33-31-29-27-25-23-21-19-17-15-13-11-7-2/h22-25,44H,6-21,26-43H2,1-5H3/b24-22-,25-23-. The number of esters is 2. The molecule has 0 rings (SSSR count). The summed E-state index contributed by atoms with van der Waals surface area (Å²) in [4.78, 5) is 27.3. The minimum Gasteiger partial charge on any atom is -0.463 e. The summed E-state index contributed by atoms with van der Waals surface area (Å²) in [7, 11) is -3.47. The fraction of sp³-hybridized carbons (Fsp3) is 0.870. The van der Waals surface area contributed by atoms with Gasteiger partial charge in [-0.15, -0.1) is 0 Å². The van der Waals surface area contributed by atoms with Crippen LogP contribution in [0, 0.1) is 0 Å². The Morgan fingerprint density at radius 2 is 0.873 bits per heavy atom. The van der Waals surface area contributed by atoms with E-state index < -0.39 is 13.7 Å². The molecule has 0 aromatic carbocycles. The molecule has 0 saturated carbocycles. The Balaban J connectivity index is 4.39. The Morgan fingerprint density at radius 3 is 1.24 bits per heavy atom. The van der Waals surface area contributed by atoms with E-state index in [4.69, 9.17) is 18.5 Å². The van der Waals surface area contributed by atoms with Crippen LogP contribution >= 0.6 is 7.60 Å². The van der Waals surface area contributed by atoms with Gasteiger partial charge in [-0.2, -0.15) is 0 Å². The van der Waals surface area contributed by atoms with Crippen LogP contribution in [0.3, 0.4) is 0 Å². The lowest BCUT2D eigenvalue weighted by Gasteiger charge is -2.23. The van der Waals surface area contributed by atoms with Gasteiger partial charge in [-0.1, -0.05) is 155 Å². The maximum atomic E-state index is 13.2. The fourth-order valence-electron chi connectivity index (χ4n) is 6.48. The average molecular weight is 798 g/mol. The predicted molar refractivity (Wildman–Crippen MR) is 233 cm³/mol. The van der Waals surface area contributed by atoms with Crippen LogP contribution in [0.15, 0.2) is 24.3 Å². The summed E-state index contributed by atoms with van der Waals surface area (Å²) in [5.41, 5.74) is 0. The van der Waals surface area contributed by atoms with Crippen molar-refractivity contribution >= 4 is 19.5 Å². The molecule has 0 radical (unpaired) electrons. The van der Waals surface area contributed by atoms with E-state index in [2.05, 4.69) is 56.9 Å². The highest BCUT2D eigenvalue weighted by Gasteiger charge is 2.26. The number of likely N-dealkylation sites (N-methyl/N-ethyl adjacent to an activating group) is 1. The molecule has 55 heavy (non-hydrogen) atoms.